The first-order valence-electron chi connectivity index (χ1n) is 34.2. The Morgan fingerprint density at radius 1 is 0.549 bits per heavy atom. The molecule has 0 spiro atoms. The van der Waals surface area contributed by atoms with Gasteiger partial charge in [0.15, 0.2) is 17.3 Å². The van der Waals surface area contributed by atoms with Crippen LogP contribution in [0.1, 0.15) is 116 Å². The molecule has 1 fully saturated rings. The Balaban J connectivity index is 0.000000197. The van der Waals surface area contributed by atoms with Gasteiger partial charge in [-0.1, -0.05) is 102 Å². The number of benzene rings is 3. The van der Waals surface area contributed by atoms with E-state index in [-0.39, 0.29) is 38.8 Å². The predicted molar refractivity (Wildman–Crippen MR) is 401 cm³/mol. The van der Waals surface area contributed by atoms with E-state index in [1.54, 1.807) is 65.7 Å². The lowest BCUT2D eigenvalue weighted by Gasteiger charge is -2.24. The number of hydrogen-bond donors (Lipinski definition) is 5. The quantitative estimate of drug-likeness (QED) is 0.0397. The highest BCUT2D eigenvalue weighted by Gasteiger charge is 2.24. The number of aromatic nitrogens is 12. The summed E-state index contributed by atoms with van der Waals surface area (Å²) in [7, 11) is 3.84. The van der Waals surface area contributed by atoms with Crippen molar-refractivity contribution in [2.75, 3.05) is 33.7 Å². The largest absolute Gasteiger partial charge is 0.354 e. The minimum absolute atomic E-state index is 0. The molecule has 1 amide bonds. The number of rotatable bonds is 23. The van der Waals surface area contributed by atoms with E-state index in [1.807, 2.05) is 130 Å². The highest BCUT2D eigenvalue weighted by Crippen LogP contribution is 2.33. The maximum Gasteiger partial charge on any atom is 0.251 e. The zero-order chi connectivity index (χ0) is 72.1. The van der Waals surface area contributed by atoms with Crippen molar-refractivity contribution in [3.63, 3.8) is 0 Å². The van der Waals surface area contributed by atoms with E-state index in [9.17, 15) is 19.2 Å². The molecule has 2 atom stereocenters. The van der Waals surface area contributed by atoms with Crippen molar-refractivity contribution in [3.8, 4) is 102 Å². The van der Waals surface area contributed by atoms with Crippen molar-refractivity contribution in [1.82, 2.24) is 80.3 Å². The highest BCUT2D eigenvalue weighted by molar-refractivity contribution is 5.80. The van der Waals surface area contributed by atoms with Gasteiger partial charge in [-0.15, -0.1) is 0 Å². The molecule has 24 nitrogen and oxygen atoms in total. The second-order valence-corrected chi connectivity index (χ2v) is 25.5. The van der Waals surface area contributed by atoms with Gasteiger partial charge >= 0.3 is 0 Å². The Hall–Kier alpha value is -11.3. The fourth-order valence-electron chi connectivity index (χ4n) is 11.4. The Kier molecular flexibility index (Phi) is 23.1. The number of likely N-dealkylation sites (N-methyl/N-ethyl adjacent to an activating group) is 1. The van der Waals surface area contributed by atoms with E-state index in [0.29, 0.717) is 99.6 Å². The number of nitrogens with one attached hydrogen (secondary N) is 4. The van der Waals surface area contributed by atoms with Crippen molar-refractivity contribution in [1.29, 1.82) is 0 Å². The SMILES string of the molecule is CCN(CC)C(=O)C(C)n1cc(-c2cnc(C)c(-c3cc(-c4ccc(CNC)cc4)no3)n2)ccc1=O.CNCc1ccc(-c2cc(-c3nc(-c4c[nH]c(=O)c(C(C)C)c4)cnc3C)on2)cc1.Cc1ncc(-c2ccc(=O)n(C(C)CN)c2)nc1-c1cc(-c2ccc(CNC3CC3)cc2)no1.[HH].[HH].[HH]. The summed E-state index contributed by atoms with van der Waals surface area (Å²) < 4.78 is 20.0. The van der Waals surface area contributed by atoms with Gasteiger partial charge in [0.05, 0.1) is 52.8 Å². The molecule has 2 unspecified atom stereocenters. The Bertz CT molecular complexity index is 5070. The summed E-state index contributed by atoms with van der Waals surface area (Å²) in [6.07, 6.45) is 12.7. The fourth-order valence-corrected chi connectivity index (χ4v) is 11.4. The number of carbonyl (C=O) groups excluding carboxylic acids is 1. The van der Waals surface area contributed by atoms with E-state index in [1.165, 1.54) is 46.2 Å². The number of H-pyrrole nitrogens is 1. The van der Waals surface area contributed by atoms with Crippen LogP contribution in [0, 0.1) is 20.8 Å². The molecule has 530 valence electrons. The third kappa shape index (κ3) is 17.1. The van der Waals surface area contributed by atoms with Gasteiger partial charge in [0, 0.05) is 143 Å². The Morgan fingerprint density at radius 3 is 1.33 bits per heavy atom. The minimum atomic E-state index is -0.637. The first kappa shape index (κ1) is 72.0. The van der Waals surface area contributed by atoms with Crippen LogP contribution in [-0.2, 0) is 24.4 Å². The number of amides is 1. The van der Waals surface area contributed by atoms with Crippen LogP contribution in [0.5, 0.6) is 0 Å². The van der Waals surface area contributed by atoms with Gasteiger partial charge in [0.2, 0.25) is 5.91 Å². The lowest BCUT2D eigenvalue weighted by atomic mass is 10.0. The molecule has 9 heterocycles. The van der Waals surface area contributed by atoms with Gasteiger partial charge in [0.1, 0.15) is 40.2 Å². The molecule has 9 aromatic heterocycles. The summed E-state index contributed by atoms with van der Waals surface area (Å²) in [5.74, 6) is 1.60. The number of nitrogens with zero attached hydrogens (tertiary/aromatic N) is 12. The van der Waals surface area contributed by atoms with E-state index in [4.69, 9.17) is 34.3 Å². The second-order valence-electron chi connectivity index (χ2n) is 25.5. The van der Waals surface area contributed by atoms with Crippen LogP contribution in [-0.4, -0.2) is 110 Å². The molecule has 13 rings (SSSR count). The van der Waals surface area contributed by atoms with E-state index in [2.05, 4.69) is 87.8 Å². The first-order valence-corrected chi connectivity index (χ1v) is 34.2. The summed E-state index contributed by atoms with van der Waals surface area (Å²) in [5, 5.41) is 22.5. The van der Waals surface area contributed by atoms with Gasteiger partial charge < -0.3 is 54.3 Å². The fraction of sp³-hybridized carbons (Fsp3) is 0.295. The molecule has 12 aromatic rings. The zero-order valence-electron chi connectivity index (χ0n) is 59.3. The van der Waals surface area contributed by atoms with Crippen LogP contribution in [0.4, 0.5) is 0 Å². The van der Waals surface area contributed by atoms with Gasteiger partial charge in [-0.25, -0.2) is 15.0 Å². The van der Waals surface area contributed by atoms with Gasteiger partial charge in [-0.3, -0.25) is 34.1 Å². The summed E-state index contributed by atoms with van der Waals surface area (Å²) in [5.41, 5.74) is 22.8. The standard InChI is InChI=1S/C28H32N6O3.C26H28N6O2.C24H25N5O2.3H2/c1-6-33(7-2)28(36)19(4)34-17-22(12-13-26(34)35)24-16-30-18(3)27(31-24)25-14-23(32-37-25)21-10-8-20(9-11-21)15-29-5;1-16(12-27)32-15-20(7-10-25(32)33)23-14-28-17(2)26(30-23)24-11-22(31-34-24)19-5-3-18(4-6-19)13-29-21-8-9-21;1-14(2)19-9-18(12-27-24(19)30)21-13-26-15(3)23(28-21)22-10-20(29-31-22)17-7-5-16(6-8-17)11-25-4;;;/h8-14,16-17,19,29H,6-7,15H2,1-5H3;3-7,10-11,14-16,21,29H,8-9,12-13,27H2,1-2H3;5-10,12-14,25H,11H2,1-4H3,(H,27,30);3*1H. The van der Waals surface area contributed by atoms with Crippen LogP contribution >= 0.6 is 0 Å². The molecule has 3 aromatic carbocycles. The van der Waals surface area contributed by atoms with E-state index >= 15 is 0 Å². The average Bonchev–Trinajstić information content (AvgIpc) is 1.80. The molecular formula is C78H91N17O7. The highest BCUT2D eigenvalue weighted by atomic mass is 16.5. The molecule has 102 heavy (non-hydrogen) atoms. The molecule has 0 radical (unpaired) electrons. The number of nitrogens with two attached hydrogens (primary N) is 1. The van der Waals surface area contributed by atoms with Crippen molar-refractivity contribution < 1.29 is 22.6 Å². The number of aryl methyl sites for hydroxylation is 3. The van der Waals surface area contributed by atoms with Crippen LogP contribution < -0.4 is 38.4 Å². The van der Waals surface area contributed by atoms with Crippen LogP contribution in [0.2, 0.25) is 0 Å². The second kappa shape index (κ2) is 32.8. The smallest absolute Gasteiger partial charge is 0.251 e. The summed E-state index contributed by atoms with van der Waals surface area (Å²) in [6.45, 7) is 21.1. The molecule has 6 N–H and O–H groups in total. The summed E-state index contributed by atoms with van der Waals surface area (Å²) in [6, 6.07) is 38.5. The molecular weight excluding hydrogens is 1290 g/mol. The Labute approximate surface area is 595 Å². The number of hydrogen-bond acceptors (Lipinski definition) is 20. The van der Waals surface area contributed by atoms with E-state index in [0.717, 1.165) is 70.2 Å². The lowest BCUT2D eigenvalue weighted by molar-refractivity contribution is -0.134. The number of carbonyl (C=O) groups is 1. The molecule has 1 aliphatic carbocycles. The first-order chi connectivity index (χ1) is 49.3. The predicted octanol–water partition coefficient (Wildman–Crippen LogP) is 12.8. The van der Waals surface area contributed by atoms with Crippen LogP contribution in [0.3, 0.4) is 0 Å². The number of aromatic amines is 1. The molecule has 0 aliphatic heterocycles. The monoisotopic (exact) mass is 1380 g/mol. The maximum atomic E-state index is 12.9. The van der Waals surface area contributed by atoms with Gasteiger partial charge in [-0.2, -0.15) is 0 Å². The van der Waals surface area contributed by atoms with Crippen molar-refractivity contribution in [3.05, 3.63) is 229 Å². The van der Waals surface area contributed by atoms with Crippen LogP contribution in [0.25, 0.3) is 102 Å². The summed E-state index contributed by atoms with van der Waals surface area (Å²) in [4.78, 5) is 82.1. The summed E-state index contributed by atoms with van der Waals surface area (Å²) >= 11 is 0. The van der Waals surface area contributed by atoms with Crippen LogP contribution in [0.15, 0.2) is 186 Å². The molecule has 1 saturated carbocycles. The van der Waals surface area contributed by atoms with Gasteiger partial charge in [0.25, 0.3) is 16.7 Å². The van der Waals surface area contributed by atoms with Crippen molar-refractivity contribution in [2.24, 2.45) is 5.73 Å². The zero-order valence-corrected chi connectivity index (χ0v) is 59.3. The van der Waals surface area contributed by atoms with Crippen molar-refractivity contribution >= 4 is 5.91 Å². The maximum absolute atomic E-state index is 12.9. The third-order valence-electron chi connectivity index (χ3n) is 17.8. The lowest BCUT2D eigenvalue weighted by Crippen LogP contribution is -2.38. The van der Waals surface area contributed by atoms with E-state index < -0.39 is 6.04 Å². The third-order valence-corrected chi connectivity index (χ3v) is 17.8. The normalized spacial score (nSPS) is 12.5. The average molecular weight is 1380 g/mol. The van der Waals surface area contributed by atoms with Crippen molar-refractivity contribution in [2.45, 2.75) is 119 Å². The van der Waals surface area contributed by atoms with Gasteiger partial charge in [-0.05, 0) is 116 Å². The topological polar surface area (TPSA) is 315 Å². The molecule has 24 heteroatoms. The minimum Gasteiger partial charge on any atom is -0.354 e. The Morgan fingerprint density at radius 2 is 0.941 bits per heavy atom. The molecule has 1 aliphatic rings. The molecule has 0 saturated heterocycles. The molecule has 0 bridgehead atoms. The number of pyridine rings is 3.